The number of aromatic nitrogens is 3. The summed E-state index contributed by atoms with van der Waals surface area (Å²) in [7, 11) is 0. The molecule has 1 heterocycles. The Balaban J connectivity index is 2.61. The first-order valence-electron chi connectivity index (χ1n) is 4.24. The van der Waals surface area contributed by atoms with Gasteiger partial charge in [0.25, 0.3) is 5.62 Å². The zero-order valence-corrected chi connectivity index (χ0v) is 7.75. The van der Waals surface area contributed by atoms with Crippen LogP contribution in [0.3, 0.4) is 0 Å². The first kappa shape index (κ1) is 9.20. The molecule has 0 atom stereocenters. The fraction of sp³-hybridized carbons (Fsp3) is 0. The highest BCUT2D eigenvalue weighted by Gasteiger charge is 2.05. The van der Waals surface area contributed by atoms with Gasteiger partial charge in [-0.1, -0.05) is 30.3 Å². The predicted molar refractivity (Wildman–Crippen MR) is 52.9 cm³/mol. The standard InChI is InChI=1S/C9H9N5O/c10-8-12-7(13-9(11)14(8)15)6-4-2-1-3-5-6/h1-5,15H,(H3,10,11,12,13). The molecule has 0 saturated carbocycles. The molecule has 15 heavy (non-hydrogen) atoms. The van der Waals surface area contributed by atoms with E-state index in [0.717, 1.165) is 5.56 Å². The van der Waals surface area contributed by atoms with Crippen LogP contribution in [0.2, 0.25) is 0 Å². The van der Waals surface area contributed by atoms with E-state index in [1.807, 2.05) is 18.2 Å². The van der Waals surface area contributed by atoms with E-state index in [-0.39, 0.29) is 11.6 Å². The number of hydrogen-bond acceptors (Lipinski definition) is 5. The minimum atomic E-state index is -0.346. The maximum Gasteiger partial charge on any atom is 0.261 e. The maximum atomic E-state index is 9.16. The summed E-state index contributed by atoms with van der Waals surface area (Å²) in [6, 6.07) is 9.13. The normalized spacial score (nSPS) is 10.1. The Hall–Kier alpha value is -2.37. The molecule has 0 aliphatic heterocycles. The number of rotatable bonds is 1. The fourth-order valence-corrected chi connectivity index (χ4v) is 1.15. The van der Waals surface area contributed by atoms with Gasteiger partial charge in [0.1, 0.15) is 0 Å². The van der Waals surface area contributed by atoms with Crippen molar-refractivity contribution >= 4 is 5.95 Å². The highest BCUT2D eigenvalue weighted by Crippen LogP contribution is 2.12. The van der Waals surface area contributed by atoms with E-state index in [2.05, 4.69) is 9.97 Å². The molecule has 76 valence electrons. The number of nitrogens with one attached hydrogen (secondary N) is 1. The molecule has 0 amide bonds. The molecule has 0 saturated heterocycles. The summed E-state index contributed by atoms with van der Waals surface area (Å²) in [4.78, 5) is 7.66. The van der Waals surface area contributed by atoms with Crippen LogP contribution in [0, 0.1) is 5.41 Å². The quantitative estimate of drug-likeness (QED) is 0.578. The van der Waals surface area contributed by atoms with E-state index < -0.39 is 0 Å². The summed E-state index contributed by atoms with van der Waals surface area (Å²) in [5.41, 5.74) is 5.80. The monoisotopic (exact) mass is 203 g/mol. The Labute approximate surface area is 85.1 Å². The molecule has 0 fully saturated rings. The van der Waals surface area contributed by atoms with Crippen molar-refractivity contribution in [3.63, 3.8) is 0 Å². The minimum Gasteiger partial charge on any atom is -0.422 e. The number of benzene rings is 1. The number of anilines is 1. The van der Waals surface area contributed by atoms with E-state index in [9.17, 15) is 0 Å². The minimum absolute atomic E-state index is 0.158. The van der Waals surface area contributed by atoms with Crippen molar-refractivity contribution in [2.75, 3.05) is 5.73 Å². The van der Waals surface area contributed by atoms with Crippen molar-refractivity contribution in [3.8, 4) is 11.4 Å². The van der Waals surface area contributed by atoms with Crippen molar-refractivity contribution in [1.29, 1.82) is 5.41 Å². The Morgan fingerprint density at radius 3 is 2.47 bits per heavy atom. The highest BCUT2D eigenvalue weighted by atomic mass is 16.5. The predicted octanol–water partition coefficient (Wildman–Crippen LogP) is 0.244. The largest absolute Gasteiger partial charge is 0.422 e. The smallest absolute Gasteiger partial charge is 0.261 e. The topological polar surface area (TPSA) is 101 Å². The molecule has 2 aromatic rings. The first-order chi connectivity index (χ1) is 7.18. The second-order valence-corrected chi connectivity index (χ2v) is 2.91. The Morgan fingerprint density at radius 1 is 1.20 bits per heavy atom. The lowest BCUT2D eigenvalue weighted by molar-refractivity contribution is 0.168. The third-order valence-electron chi connectivity index (χ3n) is 1.88. The molecule has 0 aliphatic carbocycles. The van der Waals surface area contributed by atoms with Gasteiger partial charge < -0.3 is 10.9 Å². The summed E-state index contributed by atoms with van der Waals surface area (Å²) in [5.74, 6) is 0.164. The van der Waals surface area contributed by atoms with Crippen molar-refractivity contribution < 1.29 is 5.21 Å². The Morgan fingerprint density at radius 2 is 1.87 bits per heavy atom. The number of nitrogens with zero attached hydrogens (tertiary/aromatic N) is 3. The van der Waals surface area contributed by atoms with Gasteiger partial charge in [0, 0.05) is 5.56 Å². The van der Waals surface area contributed by atoms with Crippen LogP contribution in [0.1, 0.15) is 0 Å². The summed E-state index contributed by atoms with van der Waals surface area (Å²) >= 11 is 0. The van der Waals surface area contributed by atoms with Crippen LogP contribution in [-0.4, -0.2) is 19.9 Å². The van der Waals surface area contributed by atoms with Crippen LogP contribution in [0.15, 0.2) is 30.3 Å². The fourth-order valence-electron chi connectivity index (χ4n) is 1.15. The van der Waals surface area contributed by atoms with Crippen LogP contribution >= 0.6 is 0 Å². The summed E-state index contributed by atoms with van der Waals surface area (Å²) in [5, 5.41) is 16.5. The van der Waals surface area contributed by atoms with Crippen molar-refractivity contribution in [3.05, 3.63) is 36.0 Å². The van der Waals surface area contributed by atoms with Crippen LogP contribution in [-0.2, 0) is 0 Å². The third-order valence-corrected chi connectivity index (χ3v) is 1.88. The lowest BCUT2D eigenvalue weighted by atomic mass is 10.2. The molecule has 0 aliphatic rings. The average Bonchev–Trinajstić information content (AvgIpc) is 2.26. The molecule has 0 unspecified atom stereocenters. The zero-order valence-electron chi connectivity index (χ0n) is 7.75. The van der Waals surface area contributed by atoms with Gasteiger partial charge in [-0.2, -0.15) is 9.97 Å². The van der Waals surface area contributed by atoms with Gasteiger partial charge in [0.05, 0.1) is 0 Å². The lowest BCUT2D eigenvalue weighted by Crippen LogP contribution is -2.25. The number of nitrogen functional groups attached to an aromatic ring is 1. The van der Waals surface area contributed by atoms with Gasteiger partial charge in [-0.25, -0.2) is 0 Å². The molecule has 6 nitrogen and oxygen atoms in total. The van der Waals surface area contributed by atoms with Crippen molar-refractivity contribution in [1.82, 2.24) is 14.7 Å². The molecule has 0 spiro atoms. The van der Waals surface area contributed by atoms with Gasteiger partial charge in [-0.3, -0.25) is 5.41 Å². The molecule has 1 aromatic heterocycles. The van der Waals surface area contributed by atoms with Crippen LogP contribution in [0.5, 0.6) is 0 Å². The first-order valence-corrected chi connectivity index (χ1v) is 4.24. The summed E-state index contributed by atoms with van der Waals surface area (Å²) < 4.78 is 0.423. The summed E-state index contributed by atoms with van der Waals surface area (Å²) in [6.07, 6.45) is 0. The van der Waals surface area contributed by atoms with Crippen molar-refractivity contribution in [2.24, 2.45) is 0 Å². The molecule has 4 N–H and O–H groups in total. The Bertz CT molecular complexity index is 534. The number of nitrogens with two attached hydrogens (primary N) is 1. The van der Waals surface area contributed by atoms with Crippen molar-refractivity contribution in [2.45, 2.75) is 0 Å². The van der Waals surface area contributed by atoms with Gasteiger partial charge in [-0.05, 0) is 0 Å². The molecule has 6 heteroatoms. The van der Waals surface area contributed by atoms with Gasteiger partial charge in [-0.15, -0.1) is 4.73 Å². The van der Waals surface area contributed by atoms with E-state index in [1.54, 1.807) is 12.1 Å². The lowest BCUT2D eigenvalue weighted by Gasteiger charge is -2.03. The average molecular weight is 203 g/mol. The van der Waals surface area contributed by atoms with Gasteiger partial charge in [0.15, 0.2) is 5.82 Å². The van der Waals surface area contributed by atoms with Crippen LogP contribution in [0.25, 0.3) is 11.4 Å². The maximum absolute atomic E-state index is 9.16. The van der Waals surface area contributed by atoms with E-state index in [1.165, 1.54) is 0 Å². The molecular formula is C9H9N5O. The van der Waals surface area contributed by atoms with E-state index in [4.69, 9.17) is 16.4 Å². The Kier molecular flexibility index (Phi) is 2.09. The molecule has 0 radical (unpaired) electrons. The van der Waals surface area contributed by atoms with Crippen LogP contribution < -0.4 is 11.4 Å². The highest BCUT2D eigenvalue weighted by molar-refractivity contribution is 5.54. The SMILES string of the molecule is N=c1nc(-c2ccccc2)nc(N)n1O. The molecule has 0 bridgehead atoms. The second kappa shape index (κ2) is 3.41. The van der Waals surface area contributed by atoms with Gasteiger partial charge >= 0.3 is 0 Å². The third kappa shape index (κ3) is 1.64. The summed E-state index contributed by atoms with van der Waals surface area (Å²) in [6.45, 7) is 0. The molecular weight excluding hydrogens is 194 g/mol. The molecule has 2 rings (SSSR count). The van der Waals surface area contributed by atoms with Gasteiger partial charge in [0.2, 0.25) is 5.95 Å². The molecule has 1 aromatic carbocycles. The zero-order chi connectivity index (χ0) is 10.8. The second-order valence-electron chi connectivity index (χ2n) is 2.91. The van der Waals surface area contributed by atoms with Crippen LogP contribution in [0.4, 0.5) is 5.95 Å². The van der Waals surface area contributed by atoms with E-state index in [0.29, 0.717) is 10.6 Å². The van der Waals surface area contributed by atoms with E-state index >= 15 is 0 Å². The number of hydrogen-bond donors (Lipinski definition) is 3.